The Morgan fingerprint density at radius 2 is 1.59 bits per heavy atom. The largest absolute Gasteiger partial charge is 0.394 e. The van der Waals surface area contributed by atoms with E-state index in [1.54, 1.807) is 13.8 Å². The van der Waals surface area contributed by atoms with E-state index in [0.717, 1.165) is 0 Å². The van der Waals surface area contributed by atoms with E-state index >= 15 is 0 Å². The molecule has 5 N–H and O–H groups in total. The van der Waals surface area contributed by atoms with Gasteiger partial charge in [0.05, 0.1) is 31.1 Å². The zero-order chi connectivity index (χ0) is 27.8. The maximum absolute atomic E-state index is 12.4. The molecule has 0 amide bonds. The van der Waals surface area contributed by atoms with Crippen LogP contribution in [0.3, 0.4) is 0 Å². The van der Waals surface area contributed by atoms with Crippen LogP contribution < -0.4 is 22.5 Å². The van der Waals surface area contributed by atoms with Crippen LogP contribution in [-0.2, 0) is 14.2 Å². The molecule has 2 aliphatic rings. The highest BCUT2D eigenvalue weighted by Gasteiger charge is 2.42. The molecule has 5 rings (SSSR count). The van der Waals surface area contributed by atoms with Gasteiger partial charge in [0.25, 0.3) is 11.1 Å². The SMILES string of the molecule is Cc1cn([C@H]2C[C@H](OC(C[C@H]3O[C@@H](n4cc(C)c(=O)[nH]c4=O)C[C@@H]3O)c3cn[nH]n3)[C@@H](CO)O2)c(=O)[nH]c1=O. The van der Waals surface area contributed by atoms with Gasteiger partial charge >= 0.3 is 11.4 Å². The molecule has 0 aliphatic carbocycles. The van der Waals surface area contributed by atoms with Gasteiger partial charge in [0.15, 0.2) is 0 Å². The molecule has 16 nitrogen and oxygen atoms in total. The monoisotopic (exact) mass is 547 g/mol. The van der Waals surface area contributed by atoms with Gasteiger partial charge < -0.3 is 24.4 Å². The van der Waals surface area contributed by atoms with Gasteiger partial charge in [0, 0.05) is 42.8 Å². The van der Waals surface area contributed by atoms with Crippen molar-refractivity contribution in [3.8, 4) is 0 Å². The van der Waals surface area contributed by atoms with Crippen molar-refractivity contribution in [2.45, 2.75) is 76.1 Å². The zero-order valence-corrected chi connectivity index (χ0v) is 21.1. The lowest BCUT2D eigenvalue weighted by molar-refractivity contribution is -0.105. The van der Waals surface area contributed by atoms with Crippen LogP contribution in [0.15, 0.2) is 37.8 Å². The summed E-state index contributed by atoms with van der Waals surface area (Å²) in [4.78, 5) is 52.7. The van der Waals surface area contributed by atoms with Gasteiger partial charge in [-0.3, -0.25) is 28.7 Å². The number of aryl methyl sites for hydroxylation is 2. The van der Waals surface area contributed by atoms with E-state index in [4.69, 9.17) is 14.2 Å². The Kier molecular flexibility index (Phi) is 7.46. The van der Waals surface area contributed by atoms with Crippen molar-refractivity contribution in [1.82, 2.24) is 34.5 Å². The zero-order valence-electron chi connectivity index (χ0n) is 21.1. The number of aliphatic hydroxyl groups is 2. The molecule has 1 unspecified atom stereocenters. The second-order valence-corrected chi connectivity index (χ2v) is 9.73. The van der Waals surface area contributed by atoms with Crippen LogP contribution in [0, 0.1) is 13.8 Å². The maximum atomic E-state index is 12.4. The lowest BCUT2D eigenvalue weighted by Crippen LogP contribution is -2.33. The number of nitrogens with zero attached hydrogens (tertiary/aromatic N) is 4. The first kappa shape index (κ1) is 26.9. The summed E-state index contributed by atoms with van der Waals surface area (Å²) in [5.74, 6) is 0. The highest BCUT2D eigenvalue weighted by molar-refractivity contribution is 5.04. The fourth-order valence-corrected chi connectivity index (χ4v) is 4.91. The Hall–Kier alpha value is -3.70. The minimum Gasteiger partial charge on any atom is -0.394 e. The molecule has 0 radical (unpaired) electrons. The first-order chi connectivity index (χ1) is 18.6. The number of rotatable bonds is 8. The summed E-state index contributed by atoms with van der Waals surface area (Å²) in [6.07, 6.45) is -1.00. The van der Waals surface area contributed by atoms with E-state index in [1.165, 1.54) is 27.7 Å². The Morgan fingerprint density at radius 3 is 2.15 bits per heavy atom. The van der Waals surface area contributed by atoms with Gasteiger partial charge in [0.2, 0.25) is 0 Å². The molecule has 0 bridgehead atoms. The molecule has 0 saturated carbocycles. The molecule has 39 heavy (non-hydrogen) atoms. The summed E-state index contributed by atoms with van der Waals surface area (Å²) in [6, 6.07) is 0. The average molecular weight is 548 g/mol. The number of nitrogens with one attached hydrogen (secondary N) is 3. The lowest BCUT2D eigenvalue weighted by Gasteiger charge is -2.26. The van der Waals surface area contributed by atoms with Crippen molar-refractivity contribution in [1.29, 1.82) is 0 Å². The van der Waals surface area contributed by atoms with Crippen LogP contribution in [0.4, 0.5) is 0 Å². The normalized spacial score (nSPS) is 27.7. The molecule has 0 spiro atoms. The third-order valence-corrected chi connectivity index (χ3v) is 7.03. The fraction of sp³-hybridized carbons (Fsp3) is 0.565. The van der Waals surface area contributed by atoms with Gasteiger partial charge in [0.1, 0.15) is 30.4 Å². The summed E-state index contributed by atoms with van der Waals surface area (Å²) in [5.41, 5.74) is -1.25. The molecule has 0 aromatic carbocycles. The number of hydrogen-bond acceptors (Lipinski definition) is 11. The van der Waals surface area contributed by atoms with Crippen LogP contribution in [0.2, 0.25) is 0 Å². The molecule has 210 valence electrons. The lowest BCUT2D eigenvalue weighted by atomic mass is 10.0. The predicted molar refractivity (Wildman–Crippen MR) is 131 cm³/mol. The highest BCUT2D eigenvalue weighted by atomic mass is 16.6. The number of hydrogen-bond donors (Lipinski definition) is 5. The quantitative estimate of drug-likeness (QED) is 0.213. The standard InChI is InChI=1S/C23H29N7O9/c1-10-7-29(22(35)25-20(10)33)18-3-13(32)15(38-18)4-14(12-6-24-28-27-12)37-16-5-19(39-17(16)9-31)30-8-11(2)21(34)26-23(30)36/h6-8,13-19,31-32H,3-5,9H2,1-2H3,(H,24,27,28)(H,25,33,35)(H,26,34,36)/t13-,14?,15+,16-,17+,18+,19+/m0/s1. The van der Waals surface area contributed by atoms with Gasteiger partial charge in [-0.2, -0.15) is 15.4 Å². The number of aromatic nitrogens is 7. The first-order valence-corrected chi connectivity index (χ1v) is 12.4. The molecule has 2 saturated heterocycles. The Bertz CT molecular complexity index is 1540. The summed E-state index contributed by atoms with van der Waals surface area (Å²) in [6.45, 7) is 2.72. The molecule has 5 heterocycles. The predicted octanol–water partition coefficient (Wildman–Crippen LogP) is -1.73. The van der Waals surface area contributed by atoms with E-state index in [2.05, 4.69) is 25.4 Å². The van der Waals surface area contributed by atoms with Crippen LogP contribution >= 0.6 is 0 Å². The number of H-pyrrole nitrogens is 3. The second kappa shape index (κ2) is 10.8. The van der Waals surface area contributed by atoms with Crippen LogP contribution in [0.25, 0.3) is 0 Å². The molecule has 16 heteroatoms. The van der Waals surface area contributed by atoms with Crippen LogP contribution in [0.1, 0.15) is 54.6 Å². The third-order valence-electron chi connectivity index (χ3n) is 7.03. The van der Waals surface area contributed by atoms with E-state index in [-0.39, 0.29) is 19.3 Å². The van der Waals surface area contributed by atoms with Gasteiger partial charge in [-0.05, 0) is 13.8 Å². The highest BCUT2D eigenvalue weighted by Crippen LogP contribution is 2.38. The fourth-order valence-electron chi connectivity index (χ4n) is 4.91. The van der Waals surface area contributed by atoms with E-state index in [9.17, 15) is 29.4 Å². The summed E-state index contributed by atoms with van der Waals surface area (Å²) in [7, 11) is 0. The summed E-state index contributed by atoms with van der Waals surface area (Å²) in [5, 5.41) is 31.2. The van der Waals surface area contributed by atoms with Crippen LogP contribution in [0.5, 0.6) is 0 Å². The molecule has 2 aliphatic heterocycles. The molecule has 7 atom stereocenters. The van der Waals surface area contributed by atoms with Crippen molar-refractivity contribution in [2.24, 2.45) is 0 Å². The smallest absolute Gasteiger partial charge is 0.330 e. The topological polar surface area (TPSA) is 219 Å². The van der Waals surface area contributed by atoms with Crippen molar-refractivity contribution < 1.29 is 24.4 Å². The number of aromatic amines is 3. The van der Waals surface area contributed by atoms with Crippen molar-refractivity contribution in [2.75, 3.05) is 6.61 Å². The van der Waals surface area contributed by atoms with Crippen molar-refractivity contribution in [3.05, 3.63) is 77.1 Å². The van der Waals surface area contributed by atoms with Gasteiger partial charge in [-0.1, -0.05) is 0 Å². The Morgan fingerprint density at radius 1 is 1.00 bits per heavy atom. The Balaban J connectivity index is 1.34. The maximum Gasteiger partial charge on any atom is 0.330 e. The van der Waals surface area contributed by atoms with E-state index in [1.807, 2.05) is 0 Å². The number of ether oxygens (including phenoxy) is 3. The second-order valence-electron chi connectivity index (χ2n) is 9.73. The molecule has 3 aromatic heterocycles. The summed E-state index contributed by atoms with van der Waals surface area (Å²) < 4.78 is 20.7. The molecule has 3 aromatic rings. The number of aliphatic hydroxyl groups excluding tert-OH is 2. The summed E-state index contributed by atoms with van der Waals surface area (Å²) >= 11 is 0. The third kappa shape index (κ3) is 5.41. The van der Waals surface area contributed by atoms with Gasteiger partial charge in [-0.25, -0.2) is 9.59 Å². The first-order valence-electron chi connectivity index (χ1n) is 12.4. The minimum atomic E-state index is -0.962. The van der Waals surface area contributed by atoms with E-state index < -0.39 is 72.1 Å². The van der Waals surface area contributed by atoms with Crippen LogP contribution in [-0.4, -0.2) is 75.7 Å². The van der Waals surface area contributed by atoms with E-state index in [0.29, 0.717) is 16.8 Å². The van der Waals surface area contributed by atoms with Crippen molar-refractivity contribution >= 4 is 0 Å². The molecular weight excluding hydrogens is 518 g/mol. The average Bonchev–Trinajstić information content (AvgIpc) is 3.64. The molecule has 2 fully saturated rings. The van der Waals surface area contributed by atoms with Crippen molar-refractivity contribution in [3.63, 3.8) is 0 Å². The van der Waals surface area contributed by atoms with Gasteiger partial charge in [-0.15, -0.1) is 0 Å². The molecular formula is C23H29N7O9. The Labute approximate surface area is 219 Å². The minimum absolute atomic E-state index is 0.101.